The van der Waals surface area contributed by atoms with Gasteiger partial charge in [0.25, 0.3) is 0 Å². The summed E-state index contributed by atoms with van der Waals surface area (Å²) in [5.74, 6) is -0.883. The van der Waals surface area contributed by atoms with E-state index >= 15 is 0 Å². The molecule has 0 spiro atoms. The number of carboxylic acid groups (broad SMARTS) is 1. The average molecular weight is 168 g/mol. The van der Waals surface area contributed by atoms with E-state index in [0.29, 0.717) is 13.0 Å². The summed E-state index contributed by atoms with van der Waals surface area (Å²) in [6.07, 6.45) is -0.152. The predicted octanol–water partition coefficient (Wildman–Crippen LogP) is -0.784. The van der Waals surface area contributed by atoms with Gasteiger partial charge in [-0.3, -0.25) is 4.79 Å². The van der Waals surface area contributed by atoms with E-state index in [2.05, 4.69) is 5.32 Å². The molecule has 10 heavy (non-hydrogen) atoms. The first-order valence-electron chi connectivity index (χ1n) is 2.84. The molecule has 0 aromatic rings. The van der Waals surface area contributed by atoms with Gasteiger partial charge in [0.1, 0.15) is 6.04 Å². The summed E-state index contributed by atoms with van der Waals surface area (Å²) in [5.41, 5.74) is 0. The summed E-state index contributed by atoms with van der Waals surface area (Å²) in [6, 6.07) is -0.542. The summed E-state index contributed by atoms with van der Waals surface area (Å²) in [4.78, 5) is 10.2. The molecular formula is C5H10ClNO3. The minimum Gasteiger partial charge on any atom is -0.480 e. The van der Waals surface area contributed by atoms with Crippen molar-refractivity contribution in [3.8, 4) is 0 Å². The van der Waals surface area contributed by atoms with E-state index in [9.17, 15) is 4.79 Å². The zero-order valence-electron chi connectivity index (χ0n) is 5.28. The number of carboxylic acids is 1. The fourth-order valence-corrected chi connectivity index (χ4v) is 0.905. The standard InChI is InChI=1S/C5H9NO3.ClH/c7-3-1-4(5(8)9)6-2-3;/h3-4,6-7H,1-2H2,(H,8,9);1H/t3-,4?;/m1./s1. The van der Waals surface area contributed by atoms with Crippen molar-refractivity contribution >= 4 is 18.4 Å². The number of aliphatic carboxylic acids is 1. The fraction of sp³-hybridized carbons (Fsp3) is 0.800. The van der Waals surface area contributed by atoms with Crippen molar-refractivity contribution < 1.29 is 15.0 Å². The zero-order chi connectivity index (χ0) is 6.85. The highest BCUT2D eigenvalue weighted by Crippen LogP contribution is 2.05. The molecule has 1 aliphatic rings. The Labute approximate surface area is 64.6 Å². The lowest BCUT2D eigenvalue weighted by Crippen LogP contribution is -2.29. The number of nitrogens with one attached hydrogen (secondary N) is 1. The Morgan fingerprint density at radius 3 is 2.40 bits per heavy atom. The van der Waals surface area contributed by atoms with Gasteiger partial charge in [0.15, 0.2) is 0 Å². The second-order valence-corrected chi connectivity index (χ2v) is 2.19. The number of rotatable bonds is 1. The highest BCUT2D eigenvalue weighted by molar-refractivity contribution is 5.85. The van der Waals surface area contributed by atoms with Crippen LogP contribution in [-0.4, -0.2) is 34.9 Å². The highest BCUT2D eigenvalue weighted by Gasteiger charge is 2.27. The molecule has 1 saturated heterocycles. The van der Waals surface area contributed by atoms with Crippen LogP contribution >= 0.6 is 12.4 Å². The van der Waals surface area contributed by atoms with Gasteiger partial charge < -0.3 is 15.5 Å². The first kappa shape index (κ1) is 9.68. The molecule has 1 rings (SSSR count). The van der Waals surface area contributed by atoms with Crippen molar-refractivity contribution in [2.24, 2.45) is 0 Å². The van der Waals surface area contributed by atoms with Crippen molar-refractivity contribution in [3.05, 3.63) is 0 Å². The van der Waals surface area contributed by atoms with Gasteiger partial charge in [-0.05, 0) is 0 Å². The first-order valence-corrected chi connectivity index (χ1v) is 2.84. The molecule has 1 unspecified atom stereocenters. The molecule has 4 nitrogen and oxygen atoms in total. The van der Waals surface area contributed by atoms with Crippen molar-refractivity contribution in [2.75, 3.05) is 6.54 Å². The third-order valence-electron chi connectivity index (χ3n) is 1.41. The molecule has 5 heteroatoms. The Morgan fingerprint density at radius 2 is 2.20 bits per heavy atom. The third-order valence-corrected chi connectivity index (χ3v) is 1.41. The molecule has 2 atom stereocenters. The lowest BCUT2D eigenvalue weighted by atomic mass is 10.2. The van der Waals surface area contributed by atoms with E-state index in [0.717, 1.165) is 0 Å². The van der Waals surface area contributed by atoms with Crippen molar-refractivity contribution in [1.29, 1.82) is 0 Å². The minimum atomic E-state index is -0.883. The molecule has 0 saturated carbocycles. The number of halogens is 1. The van der Waals surface area contributed by atoms with Gasteiger partial charge >= 0.3 is 5.97 Å². The molecular weight excluding hydrogens is 158 g/mol. The van der Waals surface area contributed by atoms with E-state index in [4.69, 9.17) is 10.2 Å². The van der Waals surface area contributed by atoms with E-state index in [-0.39, 0.29) is 12.4 Å². The van der Waals surface area contributed by atoms with E-state index in [1.807, 2.05) is 0 Å². The molecule has 0 aliphatic carbocycles. The molecule has 1 heterocycles. The van der Waals surface area contributed by atoms with Crippen LogP contribution in [0, 0.1) is 0 Å². The number of hydrogen-bond donors (Lipinski definition) is 3. The summed E-state index contributed by atoms with van der Waals surface area (Å²) in [5, 5.41) is 19.8. The van der Waals surface area contributed by atoms with E-state index in [1.54, 1.807) is 0 Å². The molecule has 0 amide bonds. The maximum atomic E-state index is 10.2. The second-order valence-electron chi connectivity index (χ2n) is 2.19. The largest absolute Gasteiger partial charge is 0.480 e. The SMILES string of the molecule is Cl.O=C(O)C1C[C@@H](O)CN1. The topological polar surface area (TPSA) is 69.6 Å². The van der Waals surface area contributed by atoms with Gasteiger partial charge in [-0.15, -0.1) is 12.4 Å². The summed E-state index contributed by atoms with van der Waals surface area (Å²) >= 11 is 0. The quantitative estimate of drug-likeness (QED) is 0.479. The monoisotopic (exact) mass is 167 g/mol. The second kappa shape index (κ2) is 3.75. The number of aliphatic hydroxyl groups is 1. The summed E-state index contributed by atoms with van der Waals surface area (Å²) in [6.45, 7) is 0.400. The van der Waals surface area contributed by atoms with Crippen LogP contribution in [0.2, 0.25) is 0 Å². The Balaban J connectivity index is 0.000000810. The molecule has 60 valence electrons. The fourth-order valence-electron chi connectivity index (χ4n) is 0.905. The Bertz CT molecular complexity index is 130. The molecule has 0 radical (unpaired) electrons. The molecule has 0 bridgehead atoms. The van der Waals surface area contributed by atoms with E-state index < -0.39 is 18.1 Å². The smallest absolute Gasteiger partial charge is 0.320 e. The molecule has 3 N–H and O–H groups in total. The van der Waals surface area contributed by atoms with E-state index in [1.165, 1.54) is 0 Å². The van der Waals surface area contributed by atoms with Crippen LogP contribution in [0.1, 0.15) is 6.42 Å². The van der Waals surface area contributed by atoms with Crippen LogP contribution in [-0.2, 0) is 4.79 Å². The predicted molar refractivity (Wildman–Crippen MR) is 37.3 cm³/mol. The molecule has 0 aromatic carbocycles. The van der Waals surface area contributed by atoms with Crippen LogP contribution < -0.4 is 5.32 Å². The third kappa shape index (κ3) is 2.13. The van der Waals surface area contributed by atoms with Crippen LogP contribution in [0.3, 0.4) is 0 Å². The molecule has 1 fully saturated rings. The Kier molecular flexibility index (Phi) is 3.63. The first-order chi connectivity index (χ1) is 4.20. The molecule has 0 aromatic heterocycles. The average Bonchev–Trinajstić information content (AvgIpc) is 2.14. The minimum absolute atomic E-state index is 0. The lowest BCUT2D eigenvalue weighted by Gasteiger charge is -1.99. The van der Waals surface area contributed by atoms with Crippen LogP contribution in [0.4, 0.5) is 0 Å². The summed E-state index contributed by atoms with van der Waals surface area (Å²) in [7, 11) is 0. The highest BCUT2D eigenvalue weighted by atomic mass is 35.5. The maximum Gasteiger partial charge on any atom is 0.320 e. The van der Waals surface area contributed by atoms with Gasteiger partial charge in [0.05, 0.1) is 6.10 Å². The Hall–Kier alpha value is -0.320. The van der Waals surface area contributed by atoms with Crippen molar-refractivity contribution in [2.45, 2.75) is 18.6 Å². The zero-order valence-corrected chi connectivity index (χ0v) is 6.10. The number of aliphatic hydroxyl groups excluding tert-OH is 1. The van der Waals surface area contributed by atoms with Gasteiger partial charge in [-0.2, -0.15) is 0 Å². The normalized spacial score (nSPS) is 31.3. The van der Waals surface area contributed by atoms with Gasteiger partial charge in [-0.1, -0.05) is 0 Å². The number of carbonyl (C=O) groups is 1. The van der Waals surface area contributed by atoms with Gasteiger partial charge in [0, 0.05) is 13.0 Å². The Morgan fingerprint density at radius 1 is 1.60 bits per heavy atom. The number of β-amino-alcohol motifs (C(OH)–C–C–N with tert-alkyl or cyclic N) is 1. The van der Waals surface area contributed by atoms with Crippen LogP contribution in [0.25, 0.3) is 0 Å². The van der Waals surface area contributed by atoms with Gasteiger partial charge in [-0.25, -0.2) is 0 Å². The lowest BCUT2D eigenvalue weighted by molar-refractivity contribution is -0.139. The molecule has 1 aliphatic heterocycles. The van der Waals surface area contributed by atoms with Gasteiger partial charge in [0.2, 0.25) is 0 Å². The number of hydrogen-bond acceptors (Lipinski definition) is 3. The van der Waals surface area contributed by atoms with Crippen molar-refractivity contribution in [1.82, 2.24) is 5.32 Å². The summed E-state index contributed by atoms with van der Waals surface area (Å²) < 4.78 is 0. The maximum absolute atomic E-state index is 10.2. The van der Waals surface area contributed by atoms with Crippen molar-refractivity contribution in [3.63, 3.8) is 0 Å². The van der Waals surface area contributed by atoms with Crippen LogP contribution in [0.15, 0.2) is 0 Å². The van der Waals surface area contributed by atoms with Crippen LogP contribution in [0.5, 0.6) is 0 Å².